The quantitative estimate of drug-likeness (QED) is 0.201. The molecule has 7 aromatic carbocycles. The summed E-state index contributed by atoms with van der Waals surface area (Å²) >= 11 is 1.76. The molecule has 0 aliphatic carbocycles. The number of furan rings is 1. The standard InChI is InChI=1S/C42H24N2OS/c1-3-11-27-23-29(19-17-25(27)9-1)31-21-22-34(37-32-13-5-7-15-35(32)45-40(31)37)42-43-38(30-20-18-26-10-2-4-12-28(26)24-30)41-39(44-42)33-14-6-8-16-36(33)46-41/h1-24H. The molecule has 10 aromatic rings. The van der Waals surface area contributed by atoms with Crippen LogP contribution in [0.15, 0.2) is 150 Å². The van der Waals surface area contributed by atoms with E-state index < -0.39 is 0 Å². The largest absolute Gasteiger partial charge is 0.455 e. The second-order valence-electron chi connectivity index (χ2n) is 11.8. The van der Waals surface area contributed by atoms with Crippen molar-refractivity contribution < 1.29 is 4.42 Å². The van der Waals surface area contributed by atoms with E-state index in [-0.39, 0.29) is 0 Å². The Bertz CT molecular complexity index is 2830. The van der Waals surface area contributed by atoms with Gasteiger partial charge in [0.15, 0.2) is 5.82 Å². The maximum absolute atomic E-state index is 6.66. The van der Waals surface area contributed by atoms with Gasteiger partial charge in [0.05, 0.1) is 15.9 Å². The van der Waals surface area contributed by atoms with Gasteiger partial charge in [0.1, 0.15) is 11.2 Å². The lowest BCUT2D eigenvalue weighted by Crippen LogP contribution is -1.95. The highest BCUT2D eigenvalue weighted by molar-refractivity contribution is 7.26. The zero-order valence-electron chi connectivity index (χ0n) is 24.6. The van der Waals surface area contributed by atoms with Gasteiger partial charge >= 0.3 is 0 Å². The Morgan fingerprint density at radius 3 is 1.93 bits per heavy atom. The maximum atomic E-state index is 6.66. The van der Waals surface area contributed by atoms with Crippen molar-refractivity contribution in [1.29, 1.82) is 0 Å². The summed E-state index contributed by atoms with van der Waals surface area (Å²) in [6, 6.07) is 51.3. The minimum Gasteiger partial charge on any atom is -0.455 e. The second-order valence-corrected chi connectivity index (χ2v) is 12.8. The molecule has 0 saturated heterocycles. The summed E-state index contributed by atoms with van der Waals surface area (Å²) in [5.41, 5.74) is 7.84. The predicted molar refractivity (Wildman–Crippen MR) is 194 cm³/mol. The number of benzene rings is 7. The first-order chi connectivity index (χ1) is 22.8. The summed E-state index contributed by atoms with van der Waals surface area (Å²) in [7, 11) is 0. The Balaban J connectivity index is 1.28. The molecule has 0 atom stereocenters. The number of hydrogen-bond donors (Lipinski definition) is 0. The SMILES string of the molecule is c1ccc2cc(-c3ccc(-c4nc(-c5ccc6ccccc6c5)c5sc6ccccc6c5n4)c4c3oc3ccccc34)ccc2c1. The van der Waals surface area contributed by atoms with Gasteiger partial charge in [-0.3, -0.25) is 0 Å². The van der Waals surface area contributed by atoms with E-state index in [2.05, 4.69) is 133 Å². The lowest BCUT2D eigenvalue weighted by Gasteiger charge is -2.11. The molecule has 10 rings (SSSR count). The van der Waals surface area contributed by atoms with Crippen LogP contribution in [0.4, 0.5) is 0 Å². The average molecular weight is 605 g/mol. The first-order valence-electron chi connectivity index (χ1n) is 15.4. The van der Waals surface area contributed by atoms with Crippen LogP contribution in [0.5, 0.6) is 0 Å². The van der Waals surface area contributed by atoms with Gasteiger partial charge in [-0.15, -0.1) is 11.3 Å². The van der Waals surface area contributed by atoms with Crippen molar-refractivity contribution in [2.75, 3.05) is 0 Å². The van der Waals surface area contributed by atoms with E-state index in [0.717, 1.165) is 65.5 Å². The van der Waals surface area contributed by atoms with E-state index in [1.165, 1.54) is 26.2 Å². The number of nitrogens with zero attached hydrogens (tertiary/aromatic N) is 2. The fourth-order valence-electron chi connectivity index (χ4n) is 6.84. The van der Waals surface area contributed by atoms with Crippen molar-refractivity contribution in [3.8, 4) is 33.8 Å². The van der Waals surface area contributed by atoms with Crippen LogP contribution in [0.3, 0.4) is 0 Å². The third kappa shape index (κ3) is 3.84. The van der Waals surface area contributed by atoms with Crippen molar-refractivity contribution in [3.63, 3.8) is 0 Å². The normalized spacial score (nSPS) is 11.9. The number of aromatic nitrogens is 2. The van der Waals surface area contributed by atoms with Gasteiger partial charge < -0.3 is 4.42 Å². The van der Waals surface area contributed by atoms with Crippen molar-refractivity contribution in [3.05, 3.63) is 146 Å². The average Bonchev–Trinajstić information content (AvgIpc) is 3.69. The van der Waals surface area contributed by atoms with Gasteiger partial charge in [-0.05, 0) is 63.5 Å². The molecule has 0 fully saturated rings. The number of thiophene rings is 1. The molecule has 0 amide bonds. The van der Waals surface area contributed by atoms with Crippen molar-refractivity contribution in [2.45, 2.75) is 0 Å². The van der Waals surface area contributed by atoms with Crippen LogP contribution < -0.4 is 0 Å². The van der Waals surface area contributed by atoms with Gasteiger partial charge in [-0.1, -0.05) is 109 Å². The van der Waals surface area contributed by atoms with E-state index in [1.807, 2.05) is 12.1 Å². The first kappa shape index (κ1) is 25.5. The molecule has 0 saturated carbocycles. The maximum Gasteiger partial charge on any atom is 0.161 e. The molecule has 0 aliphatic heterocycles. The third-order valence-electron chi connectivity index (χ3n) is 9.07. The molecule has 214 valence electrons. The molecule has 0 spiro atoms. The zero-order chi connectivity index (χ0) is 30.2. The first-order valence-corrected chi connectivity index (χ1v) is 16.2. The second kappa shape index (κ2) is 9.83. The Hall–Kier alpha value is -5.84. The molecule has 3 heterocycles. The van der Waals surface area contributed by atoms with Crippen LogP contribution in [-0.4, -0.2) is 9.97 Å². The van der Waals surface area contributed by atoms with Crippen molar-refractivity contribution >= 4 is 75.1 Å². The molecule has 0 N–H and O–H groups in total. The lowest BCUT2D eigenvalue weighted by atomic mass is 9.96. The van der Waals surface area contributed by atoms with E-state index in [4.69, 9.17) is 14.4 Å². The van der Waals surface area contributed by atoms with Gasteiger partial charge in [-0.2, -0.15) is 0 Å². The summed E-state index contributed by atoms with van der Waals surface area (Å²) in [6.07, 6.45) is 0. The fourth-order valence-corrected chi connectivity index (χ4v) is 8.00. The van der Waals surface area contributed by atoms with Gasteiger partial charge in [-0.25, -0.2) is 9.97 Å². The summed E-state index contributed by atoms with van der Waals surface area (Å²) < 4.78 is 8.97. The smallest absolute Gasteiger partial charge is 0.161 e. The Kier molecular flexibility index (Phi) is 5.45. The minimum absolute atomic E-state index is 0.695. The van der Waals surface area contributed by atoms with Crippen molar-refractivity contribution in [1.82, 2.24) is 9.97 Å². The van der Waals surface area contributed by atoms with Crippen molar-refractivity contribution in [2.24, 2.45) is 0 Å². The molecule has 0 unspecified atom stereocenters. The Labute approximate surface area is 268 Å². The summed E-state index contributed by atoms with van der Waals surface area (Å²) in [5.74, 6) is 0.695. The highest BCUT2D eigenvalue weighted by atomic mass is 32.1. The molecule has 3 nitrogen and oxygen atoms in total. The molecule has 4 heteroatoms. The number of fused-ring (bicyclic) bond motifs is 8. The third-order valence-corrected chi connectivity index (χ3v) is 10.2. The zero-order valence-corrected chi connectivity index (χ0v) is 25.4. The predicted octanol–water partition coefficient (Wildman–Crippen LogP) is 12.1. The van der Waals surface area contributed by atoms with E-state index in [1.54, 1.807) is 11.3 Å². The molecule has 0 radical (unpaired) electrons. The lowest BCUT2D eigenvalue weighted by molar-refractivity contribution is 0.670. The summed E-state index contributed by atoms with van der Waals surface area (Å²) in [5, 5.41) is 8.06. The monoisotopic (exact) mass is 604 g/mol. The molecule has 0 aliphatic rings. The molecular formula is C42H24N2OS. The van der Waals surface area contributed by atoms with Crippen LogP contribution in [0, 0.1) is 0 Å². The number of hydrogen-bond acceptors (Lipinski definition) is 4. The molecule has 3 aromatic heterocycles. The van der Waals surface area contributed by atoms with E-state index in [9.17, 15) is 0 Å². The molecule has 46 heavy (non-hydrogen) atoms. The highest BCUT2D eigenvalue weighted by Gasteiger charge is 2.22. The molecular weight excluding hydrogens is 581 g/mol. The van der Waals surface area contributed by atoms with Crippen LogP contribution in [0.25, 0.3) is 97.6 Å². The van der Waals surface area contributed by atoms with Crippen LogP contribution >= 0.6 is 11.3 Å². The van der Waals surface area contributed by atoms with Crippen LogP contribution in [0.2, 0.25) is 0 Å². The van der Waals surface area contributed by atoms with Crippen LogP contribution in [0.1, 0.15) is 0 Å². The highest BCUT2D eigenvalue weighted by Crippen LogP contribution is 2.44. The van der Waals surface area contributed by atoms with Gasteiger partial charge in [0.2, 0.25) is 0 Å². The number of para-hydroxylation sites is 1. The van der Waals surface area contributed by atoms with Gasteiger partial charge in [0, 0.05) is 37.5 Å². The fraction of sp³-hybridized carbons (Fsp3) is 0. The number of rotatable bonds is 3. The van der Waals surface area contributed by atoms with E-state index in [0.29, 0.717) is 5.82 Å². The summed E-state index contributed by atoms with van der Waals surface area (Å²) in [6.45, 7) is 0. The Morgan fingerprint density at radius 2 is 1.13 bits per heavy atom. The topological polar surface area (TPSA) is 38.9 Å². The van der Waals surface area contributed by atoms with Gasteiger partial charge in [0.25, 0.3) is 0 Å². The summed E-state index contributed by atoms with van der Waals surface area (Å²) in [4.78, 5) is 10.7. The van der Waals surface area contributed by atoms with E-state index >= 15 is 0 Å². The minimum atomic E-state index is 0.695. The molecule has 0 bridgehead atoms. The Morgan fingerprint density at radius 1 is 0.500 bits per heavy atom. The van der Waals surface area contributed by atoms with Crippen LogP contribution in [-0.2, 0) is 0 Å².